The second-order valence-corrected chi connectivity index (χ2v) is 7.13. The van der Waals surface area contributed by atoms with Crippen molar-refractivity contribution < 1.29 is 33.4 Å². The van der Waals surface area contributed by atoms with E-state index in [0.717, 1.165) is 11.8 Å². The molecule has 0 radical (unpaired) electrons. The van der Waals surface area contributed by atoms with E-state index in [2.05, 4.69) is 5.43 Å². The summed E-state index contributed by atoms with van der Waals surface area (Å²) in [6.45, 7) is 8.09. The molecule has 1 aliphatic rings. The summed E-state index contributed by atoms with van der Waals surface area (Å²) in [7, 11) is 0. The Labute approximate surface area is 150 Å². The van der Waals surface area contributed by atoms with E-state index in [1.165, 1.54) is 0 Å². The van der Waals surface area contributed by atoms with Crippen LogP contribution in [0.5, 0.6) is 0 Å². The molecule has 1 rings (SSSR count). The van der Waals surface area contributed by atoms with Gasteiger partial charge < -0.3 is 14.2 Å². The third-order valence-corrected chi connectivity index (χ3v) is 4.14. The van der Waals surface area contributed by atoms with Gasteiger partial charge >= 0.3 is 18.2 Å². The van der Waals surface area contributed by atoms with E-state index in [9.17, 15) is 19.2 Å². The maximum absolute atomic E-state index is 12.8. The number of nitrogens with zero attached hydrogens (tertiary/aromatic N) is 1. The van der Waals surface area contributed by atoms with E-state index < -0.39 is 35.1 Å². The van der Waals surface area contributed by atoms with Crippen molar-refractivity contribution in [3.63, 3.8) is 0 Å². The van der Waals surface area contributed by atoms with Gasteiger partial charge in [0.2, 0.25) is 5.54 Å². The summed E-state index contributed by atoms with van der Waals surface area (Å²) in [4.78, 5) is 49.5. The van der Waals surface area contributed by atoms with Crippen LogP contribution in [-0.4, -0.2) is 64.8 Å². The molecule has 1 atom stereocenters. The first-order valence-corrected chi connectivity index (χ1v) is 8.98. The molecule has 0 saturated carbocycles. The molecular weight excluding hydrogens is 352 g/mol. The lowest BCUT2D eigenvalue weighted by Gasteiger charge is -2.37. The van der Waals surface area contributed by atoms with E-state index in [0.29, 0.717) is 5.01 Å². The minimum Gasteiger partial charge on any atom is -0.458 e. The Morgan fingerprint density at radius 3 is 2.24 bits per heavy atom. The molecule has 0 unspecified atom stereocenters. The standard InChI is InChI=1S/C15H24N2O7S/c1-6-22-12(20)16-17(13(21)23-7-2)15(9-25-8-10(15)18)11(19)24-14(3,4)5/h6-9H2,1-5H3,(H,16,20)/t15-/m0/s1. The molecule has 1 aliphatic heterocycles. The Kier molecular flexibility index (Phi) is 7.09. The van der Waals surface area contributed by atoms with Crippen molar-refractivity contribution in [1.29, 1.82) is 0 Å². The highest BCUT2D eigenvalue weighted by Gasteiger charge is 2.59. The van der Waals surface area contributed by atoms with E-state index in [1.807, 2.05) is 0 Å². The predicted molar refractivity (Wildman–Crippen MR) is 89.9 cm³/mol. The normalized spacial score (nSPS) is 20.0. The minimum absolute atomic E-state index is 0.000344. The molecule has 1 N–H and O–H groups in total. The van der Waals surface area contributed by atoms with Crippen molar-refractivity contribution in [3.8, 4) is 0 Å². The summed E-state index contributed by atoms with van der Waals surface area (Å²) in [5.41, 5.74) is -0.745. The van der Waals surface area contributed by atoms with E-state index in [4.69, 9.17) is 14.2 Å². The van der Waals surface area contributed by atoms with E-state index in [1.54, 1.807) is 34.6 Å². The number of ether oxygens (including phenoxy) is 3. The molecule has 0 aromatic carbocycles. The van der Waals surface area contributed by atoms with Crippen LogP contribution < -0.4 is 5.43 Å². The zero-order chi connectivity index (χ0) is 19.3. The summed E-state index contributed by atoms with van der Waals surface area (Å²) in [5.74, 6) is -1.55. The van der Waals surface area contributed by atoms with Gasteiger partial charge in [-0.05, 0) is 34.6 Å². The number of hydrazine groups is 1. The van der Waals surface area contributed by atoms with Gasteiger partial charge in [0, 0.05) is 5.75 Å². The predicted octanol–water partition coefficient (Wildman–Crippen LogP) is 1.50. The number of thioether (sulfide) groups is 1. The van der Waals surface area contributed by atoms with Crippen molar-refractivity contribution in [3.05, 3.63) is 0 Å². The molecule has 1 saturated heterocycles. The third-order valence-electron chi connectivity index (χ3n) is 3.05. The minimum atomic E-state index is -2.00. The Morgan fingerprint density at radius 2 is 1.80 bits per heavy atom. The van der Waals surface area contributed by atoms with E-state index in [-0.39, 0.29) is 24.7 Å². The third kappa shape index (κ3) is 5.00. The van der Waals surface area contributed by atoms with E-state index >= 15 is 0 Å². The van der Waals surface area contributed by atoms with Crippen LogP contribution in [0.25, 0.3) is 0 Å². The number of rotatable bonds is 4. The van der Waals surface area contributed by atoms with Crippen LogP contribution in [0.4, 0.5) is 9.59 Å². The molecule has 25 heavy (non-hydrogen) atoms. The highest BCUT2D eigenvalue weighted by molar-refractivity contribution is 8.00. The molecular formula is C15H24N2O7S. The number of carbonyl (C=O) groups excluding carboxylic acids is 4. The van der Waals surface area contributed by atoms with Gasteiger partial charge in [-0.1, -0.05) is 0 Å². The number of carbonyl (C=O) groups is 4. The quantitative estimate of drug-likeness (QED) is 0.340. The summed E-state index contributed by atoms with van der Waals surface area (Å²) < 4.78 is 15.0. The molecule has 0 aliphatic carbocycles. The SMILES string of the molecule is CCOC(=O)NN(C(=O)OCC)[C@@]1(C(=O)OC(C)(C)C)CSCC1=O. The topological polar surface area (TPSA) is 111 Å². The second-order valence-electron chi connectivity index (χ2n) is 6.14. The van der Waals surface area contributed by atoms with Crippen LogP contribution in [0.3, 0.4) is 0 Å². The smallest absolute Gasteiger partial charge is 0.430 e. The van der Waals surface area contributed by atoms with Crippen molar-refractivity contribution in [2.75, 3.05) is 24.7 Å². The van der Waals surface area contributed by atoms with Crippen molar-refractivity contribution in [1.82, 2.24) is 10.4 Å². The van der Waals surface area contributed by atoms with Crippen molar-refractivity contribution in [2.45, 2.75) is 45.8 Å². The maximum atomic E-state index is 12.8. The number of amides is 2. The van der Waals surface area contributed by atoms with Gasteiger partial charge in [0.1, 0.15) is 5.60 Å². The zero-order valence-electron chi connectivity index (χ0n) is 15.0. The Balaban J connectivity index is 3.29. The van der Waals surface area contributed by atoms with Crippen LogP contribution in [0, 0.1) is 0 Å². The second kappa shape index (κ2) is 8.41. The summed E-state index contributed by atoms with van der Waals surface area (Å²) in [6, 6.07) is 0. The highest BCUT2D eigenvalue weighted by Crippen LogP contribution is 2.33. The number of hydrogen-bond acceptors (Lipinski definition) is 8. The van der Waals surface area contributed by atoms with Crippen LogP contribution in [0.1, 0.15) is 34.6 Å². The first-order chi connectivity index (χ1) is 11.6. The van der Waals surface area contributed by atoms with Crippen LogP contribution in [0.2, 0.25) is 0 Å². The monoisotopic (exact) mass is 376 g/mol. The number of hydrogen-bond donors (Lipinski definition) is 1. The molecule has 0 bridgehead atoms. The first-order valence-electron chi connectivity index (χ1n) is 7.83. The Morgan fingerprint density at radius 1 is 1.20 bits per heavy atom. The Bertz CT molecular complexity index is 546. The first kappa shape index (κ1) is 21.1. The molecule has 10 heteroatoms. The van der Waals surface area contributed by atoms with Gasteiger partial charge in [-0.2, -0.15) is 16.8 Å². The summed E-state index contributed by atoms with van der Waals surface area (Å²) in [5, 5.41) is 0.588. The van der Waals surface area contributed by atoms with Gasteiger partial charge in [0.25, 0.3) is 0 Å². The number of nitrogens with one attached hydrogen (secondary N) is 1. The molecule has 1 heterocycles. The average Bonchev–Trinajstić information content (AvgIpc) is 2.86. The molecule has 9 nitrogen and oxygen atoms in total. The summed E-state index contributed by atoms with van der Waals surface area (Å²) >= 11 is 1.16. The van der Waals surface area contributed by atoms with Crippen LogP contribution in [-0.2, 0) is 23.8 Å². The largest absolute Gasteiger partial charge is 0.458 e. The Hall–Kier alpha value is -1.97. The lowest BCUT2D eigenvalue weighted by molar-refractivity contribution is -0.171. The van der Waals surface area contributed by atoms with Gasteiger partial charge in [-0.3, -0.25) is 4.79 Å². The molecule has 0 spiro atoms. The maximum Gasteiger partial charge on any atom is 0.430 e. The van der Waals surface area contributed by atoms with Crippen molar-refractivity contribution in [2.24, 2.45) is 0 Å². The average molecular weight is 376 g/mol. The zero-order valence-corrected chi connectivity index (χ0v) is 15.9. The van der Waals surface area contributed by atoms with Gasteiger partial charge in [0.15, 0.2) is 5.78 Å². The lowest BCUT2D eigenvalue weighted by Crippen LogP contribution is -2.68. The number of esters is 1. The molecule has 1 fully saturated rings. The van der Waals surface area contributed by atoms with Gasteiger partial charge in [-0.15, -0.1) is 0 Å². The molecule has 2 amide bonds. The molecule has 0 aromatic rings. The number of Topliss-reactive ketones (excluding diaryl/α,β-unsaturated/α-hetero) is 1. The fourth-order valence-corrected chi connectivity index (χ4v) is 3.28. The van der Waals surface area contributed by atoms with Crippen molar-refractivity contribution >= 4 is 35.7 Å². The van der Waals surface area contributed by atoms with Gasteiger partial charge in [0.05, 0.1) is 19.0 Å². The van der Waals surface area contributed by atoms with Crippen LogP contribution >= 0.6 is 11.8 Å². The molecule has 142 valence electrons. The highest BCUT2D eigenvalue weighted by atomic mass is 32.2. The molecule has 0 aromatic heterocycles. The lowest BCUT2D eigenvalue weighted by atomic mass is 9.96. The summed E-state index contributed by atoms with van der Waals surface area (Å²) in [6.07, 6.45) is -2.03. The van der Waals surface area contributed by atoms with Gasteiger partial charge in [-0.25, -0.2) is 19.8 Å². The van der Waals surface area contributed by atoms with Crippen LogP contribution in [0.15, 0.2) is 0 Å². The fourth-order valence-electron chi connectivity index (χ4n) is 2.05. The fraction of sp³-hybridized carbons (Fsp3) is 0.733. The number of ketones is 1.